The summed E-state index contributed by atoms with van der Waals surface area (Å²) in [4.78, 5) is 29.6. The molecule has 3 aliphatic heterocycles. The molecule has 0 radical (unpaired) electrons. The van der Waals surface area contributed by atoms with Gasteiger partial charge in [-0.05, 0) is 49.5 Å². The molecule has 1 atom stereocenters. The monoisotopic (exact) mass is 432 g/mol. The third-order valence-electron chi connectivity index (χ3n) is 5.54. The van der Waals surface area contributed by atoms with Crippen LogP contribution < -0.4 is 9.47 Å². The topological polar surface area (TPSA) is 59.1 Å². The molecule has 6 nitrogen and oxygen atoms in total. The number of benzene rings is 1. The molecule has 0 aliphatic carbocycles. The highest BCUT2D eigenvalue weighted by Gasteiger charge is 2.33. The number of fused-ring (bicyclic) bond motifs is 1. The minimum absolute atomic E-state index is 0.116. The van der Waals surface area contributed by atoms with Crippen LogP contribution in [0.2, 0.25) is 0 Å². The SMILES string of the molecule is CCC1CCCCN1C(=O)CCN1C(=O)C(=Cc2ccc3c(c2)OCO3)SC1=S. The number of hydrogen-bond acceptors (Lipinski definition) is 6. The van der Waals surface area contributed by atoms with E-state index in [2.05, 4.69) is 6.92 Å². The number of thiocarbonyl (C=S) groups is 1. The van der Waals surface area contributed by atoms with Crippen LogP contribution in [0.25, 0.3) is 6.08 Å². The lowest BCUT2D eigenvalue weighted by molar-refractivity contribution is -0.135. The van der Waals surface area contributed by atoms with Gasteiger partial charge in [0.2, 0.25) is 12.7 Å². The average molecular weight is 433 g/mol. The molecule has 154 valence electrons. The molecule has 1 aromatic rings. The Kier molecular flexibility index (Phi) is 6.10. The Morgan fingerprint density at radius 3 is 2.97 bits per heavy atom. The van der Waals surface area contributed by atoms with Crippen LogP contribution in [0.3, 0.4) is 0 Å². The second kappa shape index (κ2) is 8.75. The van der Waals surface area contributed by atoms with Crippen LogP contribution in [0, 0.1) is 0 Å². The fourth-order valence-corrected chi connectivity index (χ4v) is 5.26. The van der Waals surface area contributed by atoms with Gasteiger partial charge in [-0.3, -0.25) is 14.5 Å². The lowest BCUT2D eigenvalue weighted by atomic mass is 9.99. The summed E-state index contributed by atoms with van der Waals surface area (Å²) in [5, 5.41) is 0. The highest BCUT2D eigenvalue weighted by molar-refractivity contribution is 8.26. The molecule has 29 heavy (non-hydrogen) atoms. The predicted molar refractivity (Wildman–Crippen MR) is 117 cm³/mol. The molecule has 2 fully saturated rings. The van der Waals surface area contributed by atoms with Crippen LogP contribution in [-0.2, 0) is 9.59 Å². The van der Waals surface area contributed by atoms with Gasteiger partial charge in [0.05, 0.1) is 4.91 Å². The molecule has 4 rings (SSSR count). The van der Waals surface area contributed by atoms with Crippen molar-refractivity contribution in [3.05, 3.63) is 28.7 Å². The quantitative estimate of drug-likeness (QED) is 0.521. The van der Waals surface area contributed by atoms with Crippen LogP contribution in [0.15, 0.2) is 23.1 Å². The van der Waals surface area contributed by atoms with E-state index in [4.69, 9.17) is 21.7 Å². The number of rotatable bonds is 5. The molecule has 0 bridgehead atoms. The summed E-state index contributed by atoms with van der Waals surface area (Å²) in [7, 11) is 0. The lowest BCUT2D eigenvalue weighted by Crippen LogP contribution is -2.44. The number of thioether (sulfide) groups is 1. The van der Waals surface area contributed by atoms with E-state index in [1.54, 1.807) is 11.0 Å². The first-order valence-electron chi connectivity index (χ1n) is 10.0. The number of carbonyl (C=O) groups excluding carboxylic acids is 2. The van der Waals surface area contributed by atoms with Crippen molar-refractivity contribution in [1.29, 1.82) is 0 Å². The summed E-state index contributed by atoms with van der Waals surface area (Å²) >= 11 is 6.68. The third kappa shape index (κ3) is 4.28. The fraction of sp³-hybridized carbons (Fsp3) is 0.476. The second-order valence-corrected chi connectivity index (χ2v) is 9.02. The lowest BCUT2D eigenvalue weighted by Gasteiger charge is -2.35. The van der Waals surface area contributed by atoms with E-state index in [9.17, 15) is 9.59 Å². The molecule has 0 saturated carbocycles. The van der Waals surface area contributed by atoms with Crippen LogP contribution in [0.1, 0.15) is 44.6 Å². The average Bonchev–Trinajstić information content (AvgIpc) is 3.30. The summed E-state index contributed by atoms with van der Waals surface area (Å²) in [6.45, 7) is 3.48. The Labute approximate surface area is 180 Å². The minimum Gasteiger partial charge on any atom is -0.454 e. The highest BCUT2D eigenvalue weighted by atomic mass is 32.2. The Balaban J connectivity index is 1.40. The van der Waals surface area contributed by atoms with Gasteiger partial charge in [-0.1, -0.05) is 37.0 Å². The van der Waals surface area contributed by atoms with Gasteiger partial charge >= 0.3 is 0 Å². The Bertz CT molecular complexity index is 870. The summed E-state index contributed by atoms with van der Waals surface area (Å²) < 4.78 is 11.2. The first-order chi connectivity index (χ1) is 14.1. The zero-order valence-electron chi connectivity index (χ0n) is 16.4. The van der Waals surface area contributed by atoms with Gasteiger partial charge < -0.3 is 14.4 Å². The molecule has 2 saturated heterocycles. The summed E-state index contributed by atoms with van der Waals surface area (Å²) in [6.07, 6.45) is 6.40. The normalized spacial score (nSPS) is 22.7. The van der Waals surface area contributed by atoms with E-state index in [1.165, 1.54) is 18.2 Å². The summed E-state index contributed by atoms with van der Waals surface area (Å²) in [5.41, 5.74) is 0.852. The Morgan fingerprint density at radius 1 is 1.31 bits per heavy atom. The minimum atomic E-state index is -0.142. The van der Waals surface area contributed by atoms with Crippen molar-refractivity contribution < 1.29 is 19.1 Å². The van der Waals surface area contributed by atoms with E-state index < -0.39 is 0 Å². The highest BCUT2D eigenvalue weighted by Crippen LogP contribution is 2.36. The molecule has 0 N–H and O–H groups in total. The second-order valence-electron chi connectivity index (χ2n) is 7.34. The summed E-state index contributed by atoms with van der Waals surface area (Å²) in [5.74, 6) is 1.35. The van der Waals surface area contributed by atoms with Crippen molar-refractivity contribution in [2.75, 3.05) is 19.9 Å². The van der Waals surface area contributed by atoms with Gasteiger partial charge in [0, 0.05) is 25.6 Å². The molecule has 2 amide bonds. The maximum atomic E-state index is 12.8. The number of hydrogen-bond donors (Lipinski definition) is 0. The van der Waals surface area contributed by atoms with Crippen LogP contribution >= 0.6 is 24.0 Å². The van der Waals surface area contributed by atoms with Gasteiger partial charge in [0.1, 0.15) is 4.32 Å². The van der Waals surface area contributed by atoms with Crippen LogP contribution in [-0.4, -0.2) is 51.9 Å². The van der Waals surface area contributed by atoms with Gasteiger partial charge in [0.15, 0.2) is 11.5 Å². The zero-order valence-corrected chi connectivity index (χ0v) is 18.0. The van der Waals surface area contributed by atoms with Gasteiger partial charge in [0.25, 0.3) is 5.91 Å². The number of nitrogens with zero attached hydrogens (tertiary/aromatic N) is 2. The Hall–Kier alpha value is -2.06. The van der Waals surface area contributed by atoms with E-state index in [-0.39, 0.29) is 18.6 Å². The predicted octanol–water partition coefficient (Wildman–Crippen LogP) is 3.80. The van der Waals surface area contributed by atoms with E-state index in [1.807, 2.05) is 23.1 Å². The largest absolute Gasteiger partial charge is 0.454 e. The first-order valence-corrected chi connectivity index (χ1v) is 11.2. The van der Waals surface area contributed by atoms with Gasteiger partial charge in [-0.2, -0.15) is 0 Å². The van der Waals surface area contributed by atoms with E-state index in [0.29, 0.717) is 39.7 Å². The third-order valence-corrected chi connectivity index (χ3v) is 6.91. The number of carbonyl (C=O) groups is 2. The molecular weight excluding hydrogens is 408 g/mol. The molecular formula is C21H24N2O4S2. The maximum absolute atomic E-state index is 12.8. The first kappa shape index (κ1) is 20.2. The Morgan fingerprint density at radius 2 is 2.14 bits per heavy atom. The zero-order chi connectivity index (χ0) is 20.4. The van der Waals surface area contributed by atoms with Gasteiger partial charge in [-0.25, -0.2) is 0 Å². The molecule has 1 aromatic carbocycles. The van der Waals surface area contributed by atoms with Crippen molar-refractivity contribution in [2.24, 2.45) is 0 Å². The summed E-state index contributed by atoms with van der Waals surface area (Å²) in [6, 6.07) is 5.88. The molecule has 8 heteroatoms. The molecule has 1 unspecified atom stereocenters. The maximum Gasteiger partial charge on any atom is 0.266 e. The van der Waals surface area contributed by atoms with Crippen molar-refractivity contribution in [1.82, 2.24) is 9.80 Å². The molecule has 3 heterocycles. The van der Waals surface area contributed by atoms with E-state index in [0.717, 1.165) is 31.4 Å². The fourth-order valence-electron chi connectivity index (χ4n) is 3.95. The van der Waals surface area contributed by atoms with Crippen LogP contribution in [0.4, 0.5) is 0 Å². The van der Waals surface area contributed by atoms with Crippen LogP contribution in [0.5, 0.6) is 11.5 Å². The number of piperidine rings is 1. The molecule has 3 aliphatic rings. The van der Waals surface area contributed by atoms with E-state index >= 15 is 0 Å². The van der Waals surface area contributed by atoms with Gasteiger partial charge in [-0.15, -0.1) is 0 Å². The smallest absolute Gasteiger partial charge is 0.266 e. The number of ether oxygens (including phenoxy) is 2. The van der Waals surface area contributed by atoms with Crippen molar-refractivity contribution >= 4 is 46.2 Å². The molecule has 0 spiro atoms. The number of likely N-dealkylation sites (tertiary alicyclic amines) is 1. The number of amides is 2. The van der Waals surface area contributed by atoms with Crippen molar-refractivity contribution in [3.8, 4) is 11.5 Å². The van der Waals surface area contributed by atoms with Crippen molar-refractivity contribution in [2.45, 2.75) is 45.1 Å². The molecule has 0 aromatic heterocycles. The standard InChI is InChI=1S/C21H24N2O4S2/c1-2-15-5-3-4-9-22(15)19(24)8-10-23-20(25)18(29-21(23)28)12-14-6-7-16-17(11-14)27-13-26-16/h6-7,11-12,15H,2-5,8-10,13H2,1H3. The van der Waals surface area contributed by atoms with Crippen molar-refractivity contribution in [3.63, 3.8) is 0 Å².